The quantitative estimate of drug-likeness (QED) is 0.802. The number of aromatic nitrogens is 2. The maximum absolute atomic E-state index is 5.95. The Morgan fingerprint density at radius 3 is 2.67 bits per heavy atom. The zero-order valence-electron chi connectivity index (χ0n) is 12.6. The Morgan fingerprint density at radius 1 is 1.19 bits per heavy atom. The molecule has 0 aliphatic rings. The highest BCUT2D eigenvalue weighted by Crippen LogP contribution is 2.28. The monoisotopic (exact) mass is 281 g/mol. The number of hydrogen-bond acceptors (Lipinski definition) is 3. The first-order valence-electron chi connectivity index (χ1n) is 6.96. The van der Waals surface area contributed by atoms with Gasteiger partial charge in [-0.2, -0.15) is 0 Å². The Bertz CT molecular complexity index is 805. The molecule has 2 aromatic heterocycles. The molecular weight excluding hydrogens is 262 g/mol. The van der Waals surface area contributed by atoms with Crippen molar-refractivity contribution in [1.82, 2.24) is 9.38 Å². The number of benzene rings is 1. The van der Waals surface area contributed by atoms with Crippen molar-refractivity contribution < 1.29 is 4.74 Å². The van der Waals surface area contributed by atoms with Crippen LogP contribution in [0.15, 0.2) is 36.5 Å². The smallest absolute Gasteiger partial charge is 0.137 e. The third-order valence-electron chi connectivity index (χ3n) is 3.74. The zero-order chi connectivity index (χ0) is 15.0. The molecular formula is C17H19N3O. The van der Waals surface area contributed by atoms with Crippen molar-refractivity contribution in [2.24, 2.45) is 5.73 Å². The molecule has 0 saturated carbocycles. The fourth-order valence-electron chi connectivity index (χ4n) is 2.65. The number of hydrogen-bond donors (Lipinski definition) is 1. The van der Waals surface area contributed by atoms with E-state index in [9.17, 15) is 0 Å². The molecule has 3 aromatic rings. The van der Waals surface area contributed by atoms with Crippen molar-refractivity contribution in [3.05, 3.63) is 53.3 Å². The molecule has 4 nitrogen and oxygen atoms in total. The van der Waals surface area contributed by atoms with E-state index in [1.807, 2.05) is 25.3 Å². The number of aryl methyl sites for hydroxylation is 2. The van der Waals surface area contributed by atoms with Gasteiger partial charge in [0.15, 0.2) is 0 Å². The van der Waals surface area contributed by atoms with Gasteiger partial charge in [0.2, 0.25) is 0 Å². The minimum absolute atomic E-state index is 0.449. The van der Waals surface area contributed by atoms with E-state index in [-0.39, 0.29) is 0 Å². The van der Waals surface area contributed by atoms with Crippen molar-refractivity contribution in [2.75, 3.05) is 7.11 Å². The van der Waals surface area contributed by atoms with Gasteiger partial charge in [-0.3, -0.25) is 0 Å². The average Bonchev–Trinajstić information content (AvgIpc) is 2.84. The lowest BCUT2D eigenvalue weighted by atomic mass is 10.1. The molecule has 2 heterocycles. The largest absolute Gasteiger partial charge is 0.496 e. The van der Waals surface area contributed by atoms with E-state index in [1.165, 1.54) is 5.56 Å². The molecule has 1 aromatic carbocycles. The molecule has 21 heavy (non-hydrogen) atoms. The second kappa shape index (κ2) is 5.22. The molecule has 3 rings (SSSR count). The highest BCUT2D eigenvalue weighted by atomic mass is 16.5. The highest BCUT2D eigenvalue weighted by Gasteiger charge is 2.13. The number of nitrogens with zero attached hydrogens (tertiary/aromatic N) is 2. The van der Waals surface area contributed by atoms with Gasteiger partial charge in [0.05, 0.1) is 18.5 Å². The third-order valence-corrected chi connectivity index (χ3v) is 3.74. The van der Waals surface area contributed by atoms with E-state index in [0.29, 0.717) is 6.54 Å². The average molecular weight is 281 g/mol. The molecule has 0 aliphatic heterocycles. The summed E-state index contributed by atoms with van der Waals surface area (Å²) in [4.78, 5) is 4.75. The van der Waals surface area contributed by atoms with Crippen molar-refractivity contribution in [3.63, 3.8) is 0 Å². The van der Waals surface area contributed by atoms with Crippen LogP contribution in [0.3, 0.4) is 0 Å². The molecule has 0 bridgehead atoms. The predicted octanol–water partition coefficient (Wildman–Crippen LogP) is 3.09. The number of rotatable bonds is 3. The fraction of sp³-hybridized carbons (Fsp3) is 0.235. The minimum Gasteiger partial charge on any atom is -0.496 e. The SMILES string of the molecule is COc1ccc(-c2nc3cc(C)ccn3c2CN)cc1C. The van der Waals surface area contributed by atoms with Crippen LogP contribution < -0.4 is 10.5 Å². The summed E-state index contributed by atoms with van der Waals surface area (Å²) in [5.41, 5.74) is 12.2. The normalized spacial score (nSPS) is 11.0. The number of methoxy groups -OCH3 is 1. The second-order valence-corrected chi connectivity index (χ2v) is 5.23. The van der Waals surface area contributed by atoms with Crippen LogP contribution in [0, 0.1) is 13.8 Å². The predicted molar refractivity (Wildman–Crippen MR) is 84.5 cm³/mol. The first kappa shape index (κ1) is 13.6. The molecule has 108 valence electrons. The third kappa shape index (κ3) is 2.28. The first-order chi connectivity index (χ1) is 10.1. The van der Waals surface area contributed by atoms with E-state index >= 15 is 0 Å². The molecule has 0 atom stereocenters. The van der Waals surface area contributed by atoms with Gasteiger partial charge in [-0.15, -0.1) is 0 Å². The number of imidazole rings is 1. The summed E-state index contributed by atoms with van der Waals surface area (Å²) >= 11 is 0. The van der Waals surface area contributed by atoms with Crippen LogP contribution in [0.1, 0.15) is 16.8 Å². The summed E-state index contributed by atoms with van der Waals surface area (Å²) in [6.45, 7) is 4.54. The first-order valence-corrected chi connectivity index (χ1v) is 6.96. The van der Waals surface area contributed by atoms with Crippen LogP contribution in [0.4, 0.5) is 0 Å². The lowest BCUT2D eigenvalue weighted by Gasteiger charge is -2.07. The van der Waals surface area contributed by atoms with E-state index in [4.69, 9.17) is 15.5 Å². The van der Waals surface area contributed by atoms with E-state index in [1.54, 1.807) is 7.11 Å². The Balaban J connectivity index is 2.21. The number of fused-ring (bicyclic) bond motifs is 1. The summed E-state index contributed by atoms with van der Waals surface area (Å²) in [7, 11) is 1.68. The van der Waals surface area contributed by atoms with Gasteiger partial charge in [0.1, 0.15) is 11.4 Å². The van der Waals surface area contributed by atoms with E-state index < -0.39 is 0 Å². The van der Waals surface area contributed by atoms with Gasteiger partial charge in [0, 0.05) is 18.3 Å². The molecule has 0 radical (unpaired) electrons. The standard InChI is InChI=1S/C17H19N3O/c1-11-6-7-20-14(10-18)17(19-16(20)8-11)13-4-5-15(21-3)12(2)9-13/h4-9H,10,18H2,1-3H3. The minimum atomic E-state index is 0.449. The van der Waals surface area contributed by atoms with Crippen molar-refractivity contribution in [2.45, 2.75) is 20.4 Å². The lowest BCUT2D eigenvalue weighted by Crippen LogP contribution is -2.02. The van der Waals surface area contributed by atoms with Crippen LogP contribution in [-0.2, 0) is 6.54 Å². The van der Waals surface area contributed by atoms with Gasteiger partial charge in [-0.1, -0.05) is 0 Å². The summed E-state index contributed by atoms with van der Waals surface area (Å²) < 4.78 is 7.37. The van der Waals surface area contributed by atoms with Gasteiger partial charge >= 0.3 is 0 Å². The van der Waals surface area contributed by atoms with Crippen molar-refractivity contribution >= 4 is 5.65 Å². The van der Waals surface area contributed by atoms with Crippen LogP contribution in [0.5, 0.6) is 5.75 Å². The van der Waals surface area contributed by atoms with Crippen molar-refractivity contribution in [3.8, 4) is 17.0 Å². The maximum atomic E-state index is 5.95. The Kier molecular flexibility index (Phi) is 3.39. The zero-order valence-corrected chi connectivity index (χ0v) is 12.6. The molecule has 4 heteroatoms. The number of pyridine rings is 1. The Morgan fingerprint density at radius 2 is 2.00 bits per heavy atom. The molecule has 0 spiro atoms. The fourth-order valence-corrected chi connectivity index (χ4v) is 2.65. The molecule has 0 unspecified atom stereocenters. The molecule has 0 fully saturated rings. The molecule has 2 N–H and O–H groups in total. The van der Waals surface area contributed by atoms with Crippen molar-refractivity contribution in [1.29, 1.82) is 0 Å². The molecule has 0 amide bonds. The van der Waals surface area contributed by atoms with Crippen LogP contribution in [0.25, 0.3) is 16.9 Å². The topological polar surface area (TPSA) is 52.5 Å². The van der Waals surface area contributed by atoms with Crippen LogP contribution in [0.2, 0.25) is 0 Å². The van der Waals surface area contributed by atoms with Gasteiger partial charge in [0.25, 0.3) is 0 Å². The maximum Gasteiger partial charge on any atom is 0.137 e. The second-order valence-electron chi connectivity index (χ2n) is 5.23. The summed E-state index contributed by atoms with van der Waals surface area (Å²) in [6, 6.07) is 10.2. The molecule has 0 aliphatic carbocycles. The Labute approximate surface area is 124 Å². The summed E-state index contributed by atoms with van der Waals surface area (Å²) in [5.74, 6) is 0.882. The van der Waals surface area contributed by atoms with Crippen LogP contribution >= 0.6 is 0 Å². The van der Waals surface area contributed by atoms with Gasteiger partial charge in [-0.25, -0.2) is 4.98 Å². The van der Waals surface area contributed by atoms with E-state index in [0.717, 1.165) is 33.9 Å². The van der Waals surface area contributed by atoms with Crippen LogP contribution in [-0.4, -0.2) is 16.5 Å². The lowest BCUT2D eigenvalue weighted by molar-refractivity contribution is 0.412. The van der Waals surface area contributed by atoms with Gasteiger partial charge in [-0.05, 0) is 55.3 Å². The highest BCUT2D eigenvalue weighted by molar-refractivity contribution is 5.68. The molecule has 0 saturated heterocycles. The summed E-state index contributed by atoms with van der Waals surface area (Å²) in [6.07, 6.45) is 2.03. The number of nitrogens with two attached hydrogens (primary N) is 1. The Hall–Kier alpha value is -2.33. The number of ether oxygens (including phenoxy) is 1. The summed E-state index contributed by atoms with van der Waals surface area (Å²) in [5, 5.41) is 0. The van der Waals surface area contributed by atoms with E-state index in [2.05, 4.69) is 29.5 Å². The van der Waals surface area contributed by atoms with Gasteiger partial charge < -0.3 is 14.9 Å².